The van der Waals surface area contributed by atoms with Crippen molar-refractivity contribution in [3.05, 3.63) is 77.9 Å². The lowest BCUT2D eigenvalue weighted by molar-refractivity contribution is -0.117. The Hall–Kier alpha value is -4.04. The Morgan fingerprint density at radius 2 is 1.51 bits per heavy atom. The predicted molar refractivity (Wildman–Crippen MR) is 137 cm³/mol. The number of benzene rings is 3. The van der Waals surface area contributed by atoms with Crippen molar-refractivity contribution in [3.63, 3.8) is 0 Å². The molecule has 2 N–H and O–H groups in total. The molecular weight excluding hydrogens is 446 g/mol. The molecule has 184 valence electrons. The monoisotopic (exact) mass is 477 g/mol. The Morgan fingerprint density at radius 3 is 2.14 bits per heavy atom. The normalized spacial score (nSPS) is 10.5. The van der Waals surface area contributed by atoms with Crippen molar-refractivity contribution < 1.29 is 23.8 Å². The Bertz CT molecular complexity index is 1150. The second-order valence-corrected chi connectivity index (χ2v) is 8.02. The molecule has 3 aromatic carbocycles. The number of rotatable bonds is 11. The van der Waals surface area contributed by atoms with Gasteiger partial charge in [0.1, 0.15) is 23.9 Å². The number of aryl methyl sites for hydroxylation is 1. The van der Waals surface area contributed by atoms with Gasteiger partial charge in [0.15, 0.2) is 0 Å². The molecule has 0 bridgehead atoms. The largest absolute Gasteiger partial charge is 0.494 e. The molecule has 0 fully saturated rings. The summed E-state index contributed by atoms with van der Waals surface area (Å²) in [6, 6.07) is 19.9. The van der Waals surface area contributed by atoms with Gasteiger partial charge in [0.2, 0.25) is 5.91 Å². The summed E-state index contributed by atoms with van der Waals surface area (Å²) in [6.45, 7) is 3.21. The van der Waals surface area contributed by atoms with Crippen molar-refractivity contribution in [2.45, 2.75) is 6.92 Å². The fourth-order valence-electron chi connectivity index (χ4n) is 3.42. The number of hydrogen-bond donors (Lipinski definition) is 2. The Kier molecular flexibility index (Phi) is 9.09. The molecule has 2 amide bonds. The smallest absolute Gasteiger partial charge is 0.255 e. The van der Waals surface area contributed by atoms with E-state index in [0.29, 0.717) is 41.6 Å². The highest BCUT2D eigenvalue weighted by Crippen LogP contribution is 2.36. The first-order valence-corrected chi connectivity index (χ1v) is 11.2. The second kappa shape index (κ2) is 12.4. The number of methoxy groups -OCH3 is 2. The topological polar surface area (TPSA) is 89.1 Å². The van der Waals surface area contributed by atoms with Gasteiger partial charge in [-0.1, -0.05) is 30.3 Å². The third-order valence-corrected chi connectivity index (χ3v) is 5.22. The van der Waals surface area contributed by atoms with E-state index in [0.717, 1.165) is 11.3 Å². The van der Waals surface area contributed by atoms with Crippen LogP contribution in [0.15, 0.2) is 66.7 Å². The number of ether oxygens (including phenoxy) is 3. The first-order valence-electron chi connectivity index (χ1n) is 11.2. The molecule has 0 aliphatic rings. The lowest BCUT2D eigenvalue weighted by Gasteiger charge is -2.19. The van der Waals surface area contributed by atoms with Crippen LogP contribution in [-0.2, 0) is 4.79 Å². The van der Waals surface area contributed by atoms with Crippen LogP contribution in [0.25, 0.3) is 0 Å². The number of hydrogen-bond acceptors (Lipinski definition) is 6. The van der Waals surface area contributed by atoms with Crippen molar-refractivity contribution in [2.24, 2.45) is 0 Å². The summed E-state index contributed by atoms with van der Waals surface area (Å²) >= 11 is 0. The quantitative estimate of drug-likeness (QED) is 0.430. The van der Waals surface area contributed by atoms with E-state index in [1.165, 1.54) is 14.2 Å². The number of carbonyl (C=O) groups is 2. The summed E-state index contributed by atoms with van der Waals surface area (Å²) in [5.74, 6) is 1.10. The van der Waals surface area contributed by atoms with Crippen molar-refractivity contribution in [1.82, 2.24) is 4.90 Å². The Morgan fingerprint density at radius 1 is 0.857 bits per heavy atom. The van der Waals surface area contributed by atoms with Crippen LogP contribution in [0, 0.1) is 6.92 Å². The van der Waals surface area contributed by atoms with E-state index >= 15 is 0 Å². The summed E-state index contributed by atoms with van der Waals surface area (Å²) in [5.41, 5.74) is 2.52. The molecule has 0 saturated heterocycles. The summed E-state index contributed by atoms with van der Waals surface area (Å²) < 4.78 is 16.6. The molecule has 0 atom stereocenters. The SMILES string of the molecule is COc1cc(NC(=O)c2ccccc2)c(OC)cc1NC(=O)CN(C)CCOc1cccc(C)c1. The third kappa shape index (κ3) is 7.48. The molecule has 0 heterocycles. The van der Waals surface area contributed by atoms with Gasteiger partial charge in [0, 0.05) is 24.2 Å². The van der Waals surface area contributed by atoms with Gasteiger partial charge >= 0.3 is 0 Å². The number of likely N-dealkylation sites (N-methyl/N-ethyl adjacent to an activating group) is 1. The van der Waals surface area contributed by atoms with E-state index in [1.54, 1.807) is 36.4 Å². The van der Waals surface area contributed by atoms with Crippen molar-refractivity contribution in [1.29, 1.82) is 0 Å². The average molecular weight is 478 g/mol. The minimum absolute atomic E-state index is 0.162. The molecular formula is C27H31N3O5. The zero-order chi connectivity index (χ0) is 25.2. The maximum Gasteiger partial charge on any atom is 0.255 e. The lowest BCUT2D eigenvalue weighted by Crippen LogP contribution is -2.33. The zero-order valence-electron chi connectivity index (χ0n) is 20.5. The van der Waals surface area contributed by atoms with Gasteiger partial charge in [-0.05, 0) is 43.8 Å². The molecule has 0 aromatic heterocycles. The van der Waals surface area contributed by atoms with Crippen molar-refractivity contribution >= 4 is 23.2 Å². The number of nitrogens with zero attached hydrogens (tertiary/aromatic N) is 1. The molecule has 0 saturated carbocycles. The van der Waals surface area contributed by atoms with E-state index < -0.39 is 0 Å². The molecule has 35 heavy (non-hydrogen) atoms. The Balaban J connectivity index is 1.60. The number of carbonyl (C=O) groups excluding carboxylic acids is 2. The lowest BCUT2D eigenvalue weighted by atomic mass is 10.2. The summed E-state index contributed by atoms with van der Waals surface area (Å²) in [5, 5.41) is 5.68. The van der Waals surface area contributed by atoms with Crippen molar-refractivity contribution in [2.75, 3.05) is 51.6 Å². The minimum Gasteiger partial charge on any atom is -0.494 e. The van der Waals surface area contributed by atoms with Gasteiger partial charge in [0.05, 0.1) is 32.1 Å². The fraction of sp³-hybridized carbons (Fsp3) is 0.259. The highest BCUT2D eigenvalue weighted by atomic mass is 16.5. The molecule has 0 radical (unpaired) electrons. The van der Waals surface area contributed by atoms with Crippen LogP contribution in [-0.4, -0.2) is 57.7 Å². The predicted octanol–water partition coefficient (Wildman–Crippen LogP) is 4.21. The zero-order valence-corrected chi connectivity index (χ0v) is 20.5. The molecule has 3 aromatic rings. The number of anilines is 2. The first kappa shape index (κ1) is 25.6. The van der Waals surface area contributed by atoms with E-state index in [9.17, 15) is 9.59 Å². The summed E-state index contributed by atoms with van der Waals surface area (Å²) in [6.07, 6.45) is 0. The molecule has 3 rings (SSSR count). The average Bonchev–Trinajstić information content (AvgIpc) is 2.85. The Labute approximate surface area is 205 Å². The first-order chi connectivity index (χ1) is 16.9. The van der Waals surface area contributed by atoms with Crippen LogP contribution < -0.4 is 24.8 Å². The third-order valence-electron chi connectivity index (χ3n) is 5.22. The van der Waals surface area contributed by atoms with E-state index in [1.807, 2.05) is 49.2 Å². The summed E-state index contributed by atoms with van der Waals surface area (Å²) in [7, 11) is 4.84. The fourth-order valence-corrected chi connectivity index (χ4v) is 3.42. The van der Waals surface area contributed by atoms with E-state index in [4.69, 9.17) is 14.2 Å². The van der Waals surface area contributed by atoms with E-state index in [-0.39, 0.29) is 18.4 Å². The molecule has 0 unspecified atom stereocenters. The van der Waals surface area contributed by atoms with Crippen molar-refractivity contribution in [3.8, 4) is 17.2 Å². The van der Waals surface area contributed by atoms with Crippen LogP contribution in [0.4, 0.5) is 11.4 Å². The van der Waals surface area contributed by atoms with Gasteiger partial charge in [-0.25, -0.2) is 0 Å². The number of nitrogens with one attached hydrogen (secondary N) is 2. The standard InChI is InChI=1S/C27H31N3O5/c1-19-9-8-12-21(15-19)35-14-13-30(2)18-26(31)28-22-16-25(34-4)23(17-24(22)33-3)29-27(32)20-10-6-5-7-11-20/h5-12,15-17H,13-14,18H2,1-4H3,(H,28,31)(H,29,32). The van der Waals surface area contributed by atoms with Crippen LogP contribution in [0.5, 0.6) is 17.2 Å². The van der Waals surface area contributed by atoms with Crippen LogP contribution in [0.2, 0.25) is 0 Å². The van der Waals surface area contributed by atoms with Gasteiger partial charge in [0.25, 0.3) is 5.91 Å². The minimum atomic E-state index is -0.280. The van der Waals surface area contributed by atoms with Crippen LogP contribution in [0.3, 0.4) is 0 Å². The molecule has 8 nitrogen and oxygen atoms in total. The highest BCUT2D eigenvalue weighted by Gasteiger charge is 2.17. The molecule has 0 spiro atoms. The van der Waals surface area contributed by atoms with Gasteiger partial charge in [-0.15, -0.1) is 0 Å². The van der Waals surface area contributed by atoms with E-state index in [2.05, 4.69) is 10.6 Å². The van der Waals surface area contributed by atoms with Crippen LogP contribution >= 0.6 is 0 Å². The maximum atomic E-state index is 12.7. The second-order valence-electron chi connectivity index (χ2n) is 8.02. The van der Waals surface area contributed by atoms with Gasteiger partial charge in [-0.3, -0.25) is 14.5 Å². The molecule has 0 aliphatic carbocycles. The number of amides is 2. The summed E-state index contributed by atoms with van der Waals surface area (Å²) in [4.78, 5) is 27.1. The van der Waals surface area contributed by atoms with Crippen LogP contribution in [0.1, 0.15) is 15.9 Å². The maximum absolute atomic E-state index is 12.7. The highest BCUT2D eigenvalue weighted by molar-refractivity contribution is 6.05. The van der Waals surface area contributed by atoms with Gasteiger partial charge in [-0.2, -0.15) is 0 Å². The molecule has 0 aliphatic heterocycles. The molecule has 8 heteroatoms. The van der Waals surface area contributed by atoms with Gasteiger partial charge < -0.3 is 24.8 Å².